The van der Waals surface area contributed by atoms with E-state index in [1.54, 1.807) is 29.0 Å². The molecule has 0 radical (unpaired) electrons. The number of urea groups is 1. The van der Waals surface area contributed by atoms with Gasteiger partial charge in [0.2, 0.25) is 5.91 Å². The Balaban J connectivity index is 1.96. The summed E-state index contributed by atoms with van der Waals surface area (Å²) in [6, 6.07) is 9.38. The van der Waals surface area contributed by atoms with Crippen LogP contribution in [0.1, 0.15) is 37.8 Å². The minimum atomic E-state index is -0.171. The van der Waals surface area contributed by atoms with Gasteiger partial charge < -0.3 is 15.1 Å². The fourth-order valence-electron chi connectivity index (χ4n) is 3.10. The third-order valence-corrected chi connectivity index (χ3v) is 4.32. The zero-order valence-corrected chi connectivity index (χ0v) is 15.2. The summed E-state index contributed by atoms with van der Waals surface area (Å²) in [6.45, 7) is 5.46. The highest BCUT2D eigenvalue weighted by molar-refractivity contribution is 5.80. The number of nitrogens with zero attached hydrogens (tertiary/aromatic N) is 3. The SMILES string of the molecule is CC(C)NC(=O)N1CCC[C@@H](C(=O)N(C)Cc2cccc(C#N)c2)C1. The van der Waals surface area contributed by atoms with Crippen molar-refractivity contribution >= 4 is 11.9 Å². The number of carbonyl (C=O) groups excluding carboxylic acids is 2. The summed E-state index contributed by atoms with van der Waals surface area (Å²) >= 11 is 0. The predicted octanol–water partition coefficient (Wildman–Crippen LogP) is 2.35. The summed E-state index contributed by atoms with van der Waals surface area (Å²) in [7, 11) is 1.77. The van der Waals surface area contributed by atoms with Gasteiger partial charge in [-0.2, -0.15) is 5.26 Å². The van der Waals surface area contributed by atoms with E-state index in [9.17, 15) is 9.59 Å². The van der Waals surface area contributed by atoms with Crippen molar-refractivity contribution in [2.75, 3.05) is 20.1 Å². The first-order valence-corrected chi connectivity index (χ1v) is 8.70. The highest BCUT2D eigenvalue weighted by Gasteiger charge is 2.30. The van der Waals surface area contributed by atoms with Crippen LogP contribution >= 0.6 is 0 Å². The fourth-order valence-corrected chi connectivity index (χ4v) is 3.10. The Labute approximate surface area is 149 Å². The van der Waals surface area contributed by atoms with Crippen LogP contribution in [0.3, 0.4) is 0 Å². The number of nitrogens with one attached hydrogen (secondary N) is 1. The Hall–Kier alpha value is -2.55. The molecule has 1 heterocycles. The molecule has 2 rings (SSSR count). The second-order valence-corrected chi connectivity index (χ2v) is 6.90. The second-order valence-electron chi connectivity index (χ2n) is 6.90. The van der Waals surface area contributed by atoms with E-state index in [4.69, 9.17) is 5.26 Å². The Kier molecular flexibility index (Phi) is 6.40. The number of piperidine rings is 1. The van der Waals surface area contributed by atoms with Crippen LogP contribution in [0.2, 0.25) is 0 Å². The molecule has 0 spiro atoms. The van der Waals surface area contributed by atoms with E-state index in [1.807, 2.05) is 26.0 Å². The van der Waals surface area contributed by atoms with Crippen molar-refractivity contribution in [3.63, 3.8) is 0 Å². The molecular formula is C19H26N4O2. The van der Waals surface area contributed by atoms with Gasteiger partial charge in [0.25, 0.3) is 0 Å². The predicted molar refractivity (Wildman–Crippen MR) is 95.6 cm³/mol. The Morgan fingerprint density at radius 3 is 2.88 bits per heavy atom. The minimum Gasteiger partial charge on any atom is -0.341 e. The highest BCUT2D eigenvalue weighted by Crippen LogP contribution is 2.20. The van der Waals surface area contributed by atoms with Crippen molar-refractivity contribution in [3.05, 3.63) is 35.4 Å². The maximum Gasteiger partial charge on any atom is 0.317 e. The molecule has 134 valence electrons. The van der Waals surface area contributed by atoms with Crippen molar-refractivity contribution in [3.8, 4) is 6.07 Å². The van der Waals surface area contributed by atoms with Crippen molar-refractivity contribution < 1.29 is 9.59 Å². The lowest BCUT2D eigenvalue weighted by molar-refractivity contribution is -0.136. The van der Waals surface area contributed by atoms with E-state index < -0.39 is 0 Å². The van der Waals surface area contributed by atoms with Crippen LogP contribution in [0.5, 0.6) is 0 Å². The van der Waals surface area contributed by atoms with Gasteiger partial charge in [-0.05, 0) is 44.4 Å². The first kappa shape index (κ1) is 18.8. The maximum atomic E-state index is 12.7. The molecule has 0 unspecified atom stereocenters. The average molecular weight is 342 g/mol. The van der Waals surface area contributed by atoms with Crippen molar-refractivity contribution in [2.45, 2.75) is 39.3 Å². The summed E-state index contributed by atoms with van der Waals surface area (Å²) in [6.07, 6.45) is 1.63. The van der Waals surface area contributed by atoms with Gasteiger partial charge >= 0.3 is 6.03 Å². The molecule has 3 amide bonds. The third kappa shape index (κ3) is 5.21. The summed E-state index contributed by atoms with van der Waals surface area (Å²) < 4.78 is 0. The van der Waals surface area contributed by atoms with Gasteiger partial charge in [0.15, 0.2) is 0 Å². The van der Waals surface area contributed by atoms with Crippen LogP contribution in [0.25, 0.3) is 0 Å². The number of amides is 3. The monoisotopic (exact) mass is 342 g/mol. The quantitative estimate of drug-likeness (QED) is 0.912. The first-order valence-electron chi connectivity index (χ1n) is 8.70. The van der Waals surface area contributed by atoms with Crippen molar-refractivity contribution in [1.82, 2.24) is 15.1 Å². The van der Waals surface area contributed by atoms with Crippen LogP contribution in [0.4, 0.5) is 4.79 Å². The summed E-state index contributed by atoms with van der Waals surface area (Å²) in [5, 5.41) is 11.9. The molecule has 1 N–H and O–H groups in total. The molecule has 0 bridgehead atoms. The molecule has 1 aliphatic rings. The normalized spacial score (nSPS) is 17.1. The molecule has 1 fully saturated rings. The molecule has 25 heavy (non-hydrogen) atoms. The number of hydrogen-bond acceptors (Lipinski definition) is 3. The van der Waals surface area contributed by atoms with Gasteiger partial charge in [-0.15, -0.1) is 0 Å². The first-order chi connectivity index (χ1) is 11.9. The van der Waals surface area contributed by atoms with Crippen LogP contribution in [-0.4, -0.2) is 47.9 Å². The molecule has 1 aromatic carbocycles. The lowest BCUT2D eigenvalue weighted by Crippen LogP contribution is -2.50. The molecule has 0 aliphatic carbocycles. The molecule has 1 atom stereocenters. The number of rotatable bonds is 4. The van der Waals surface area contributed by atoms with E-state index in [1.165, 1.54) is 0 Å². The lowest BCUT2D eigenvalue weighted by Gasteiger charge is -2.34. The van der Waals surface area contributed by atoms with Crippen molar-refractivity contribution in [1.29, 1.82) is 5.26 Å². The van der Waals surface area contributed by atoms with E-state index in [0.717, 1.165) is 18.4 Å². The summed E-state index contributed by atoms with van der Waals surface area (Å²) in [5.74, 6) is -0.125. The topological polar surface area (TPSA) is 76.4 Å². The highest BCUT2D eigenvalue weighted by atomic mass is 16.2. The third-order valence-electron chi connectivity index (χ3n) is 4.32. The maximum absolute atomic E-state index is 12.7. The Bertz CT molecular complexity index is 666. The molecule has 1 aliphatic heterocycles. The fraction of sp³-hybridized carbons (Fsp3) is 0.526. The molecule has 0 saturated carbocycles. The Morgan fingerprint density at radius 2 is 2.20 bits per heavy atom. The number of hydrogen-bond donors (Lipinski definition) is 1. The van der Waals surface area contributed by atoms with Crippen LogP contribution in [0, 0.1) is 17.2 Å². The standard InChI is InChI=1S/C19H26N4O2/c1-14(2)21-19(25)23-9-5-8-17(13-23)18(24)22(3)12-16-7-4-6-15(10-16)11-20/h4,6-7,10,14,17H,5,8-9,12-13H2,1-3H3,(H,21,25)/t17-/m1/s1. The van der Waals surface area contributed by atoms with Gasteiger partial charge in [-0.25, -0.2) is 4.79 Å². The van der Waals surface area contributed by atoms with Crippen LogP contribution in [0.15, 0.2) is 24.3 Å². The average Bonchev–Trinajstić information content (AvgIpc) is 2.60. The number of carbonyl (C=O) groups is 2. The molecule has 6 nitrogen and oxygen atoms in total. The van der Waals surface area contributed by atoms with E-state index in [0.29, 0.717) is 25.2 Å². The number of likely N-dealkylation sites (tertiary alicyclic amines) is 1. The molecule has 1 aromatic rings. The molecule has 1 saturated heterocycles. The second kappa shape index (κ2) is 8.52. The zero-order valence-electron chi connectivity index (χ0n) is 15.2. The van der Waals surface area contributed by atoms with Gasteiger partial charge in [0.1, 0.15) is 0 Å². The molecule has 0 aromatic heterocycles. The van der Waals surface area contributed by atoms with Gasteiger partial charge in [0.05, 0.1) is 17.6 Å². The summed E-state index contributed by atoms with van der Waals surface area (Å²) in [5.41, 5.74) is 1.52. The lowest BCUT2D eigenvalue weighted by atomic mass is 9.96. The van der Waals surface area contributed by atoms with E-state index in [2.05, 4.69) is 11.4 Å². The zero-order chi connectivity index (χ0) is 18.4. The smallest absolute Gasteiger partial charge is 0.317 e. The van der Waals surface area contributed by atoms with Gasteiger partial charge in [0, 0.05) is 32.7 Å². The van der Waals surface area contributed by atoms with Gasteiger partial charge in [-0.1, -0.05) is 12.1 Å². The summed E-state index contributed by atoms with van der Waals surface area (Å²) in [4.78, 5) is 28.3. The van der Waals surface area contributed by atoms with Gasteiger partial charge in [-0.3, -0.25) is 4.79 Å². The largest absolute Gasteiger partial charge is 0.341 e. The van der Waals surface area contributed by atoms with E-state index in [-0.39, 0.29) is 23.9 Å². The molecular weight excluding hydrogens is 316 g/mol. The van der Waals surface area contributed by atoms with Crippen molar-refractivity contribution in [2.24, 2.45) is 5.92 Å². The van der Waals surface area contributed by atoms with E-state index >= 15 is 0 Å². The Morgan fingerprint density at radius 1 is 1.44 bits per heavy atom. The number of nitriles is 1. The van der Waals surface area contributed by atoms with Crippen LogP contribution < -0.4 is 5.32 Å². The minimum absolute atomic E-state index is 0.0457. The number of benzene rings is 1. The van der Waals surface area contributed by atoms with Crippen LogP contribution in [-0.2, 0) is 11.3 Å². The molecule has 6 heteroatoms.